The number of rotatable bonds is 27. The SMILES string of the molecule is CSCC[C@H](NC(=O)[C@H](CS)NC(=O)[C@H](CCCCN)NC(=O)[C@H](C)N)C(=O)N[C@@H](CC(N)=O)C(=O)NCC(=O)N[C@H](C=O)CCCCN. The molecule has 0 aliphatic carbocycles. The highest BCUT2D eigenvalue weighted by molar-refractivity contribution is 7.98. The van der Waals surface area contributed by atoms with E-state index in [4.69, 9.17) is 22.9 Å². The van der Waals surface area contributed by atoms with E-state index >= 15 is 0 Å². The topological polar surface area (TPSA) is 313 Å². The third kappa shape index (κ3) is 20.0. The fourth-order valence-electron chi connectivity index (χ4n) is 4.22. The fraction of sp³-hybridized carbons (Fsp3) is 0.724. The molecule has 6 atom stereocenters. The van der Waals surface area contributed by atoms with Crippen molar-refractivity contribution in [1.82, 2.24) is 31.9 Å². The van der Waals surface area contributed by atoms with Crippen molar-refractivity contribution < 1.29 is 38.4 Å². The molecule has 14 N–H and O–H groups in total. The number of aldehydes is 1. The monoisotopic (exact) mass is 734 g/mol. The molecule has 18 nitrogen and oxygen atoms in total. The first kappa shape index (κ1) is 45.5. The van der Waals surface area contributed by atoms with E-state index in [0.29, 0.717) is 57.2 Å². The Hall–Kier alpha value is -3.46. The van der Waals surface area contributed by atoms with Crippen molar-refractivity contribution >= 4 is 72.0 Å². The van der Waals surface area contributed by atoms with Crippen LogP contribution in [0, 0.1) is 0 Å². The number of primary amides is 1. The van der Waals surface area contributed by atoms with E-state index in [1.165, 1.54) is 18.7 Å². The van der Waals surface area contributed by atoms with E-state index in [-0.39, 0.29) is 18.6 Å². The highest BCUT2D eigenvalue weighted by Gasteiger charge is 2.31. The Morgan fingerprint density at radius 3 is 1.73 bits per heavy atom. The number of thioether (sulfide) groups is 1. The van der Waals surface area contributed by atoms with Crippen LogP contribution in [0.25, 0.3) is 0 Å². The van der Waals surface area contributed by atoms with Crippen LogP contribution in [-0.2, 0) is 38.4 Å². The lowest BCUT2D eigenvalue weighted by Gasteiger charge is -2.26. The van der Waals surface area contributed by atoms with Gasteiger partial charge in [0.15, 0.2) is 0 Å². The van der Waals surface area contributed by atoms with Crippen molar-refractivity contribution in [2.45, 2.75) is 94.5 Å². The van der Waals surface area contributed by atoms with Crippen LogP contribution < -0.4 is 54.8 Å². The molecule has 0 unspecified atom stereocenters. The molecule has 0 bridgehead atoms. The summed E-state index contributed by atoms with van der Waals surface area (Å²) in [5.41, 5.74) is 21.9. The molecule has 7 amide bonds. The number of unbranched alkanes of at least 4 members (excludes halogenated alkanes) is 2. The van der Waals surface area contributed by atoms with Crippen LogP contribution in [0.15, 0.2) is 0 Å². The van der Waals surface area contributed by atoms with Crippen molar-refractivity contribution in [3.05, 3.63) is 0 Å². The highest BCUT2D eigenvalue weighted by atomic mass is 32.2. The Balaban J connectivity index is 5.64. The first-order chi connectivity index (χ1) is 23.2. The number of thiol groups is 1. The van der Waals surface area contributed by atoms with E-state index in [1.807, 2.05) is 0 Å². The van der Waals surface area contributed by atoms with Crippen LogP contribution in [0.3, 0.4) is 0 Å². The molecule has 0 radical (unpaired) electrons. The maximum atomic E-state index is 13.3. The first-order valence-electron chi connectivity index (χ1n) is 16.0. The molecular weight excluding hydrogens is 681 g/mol. The standard InChI is InChI=1S/C29H54N10O8S2/c1-17(32)25(43)36-19(8-4-6-11-31)27(45)39-22(16-48)29(47)37-20(9-12-49-2)28(46)38-21(13-23(33)41)26(44)34-14-24(42)35-18(15-40)7-3-5-10-30/h15,17-22,48H,3-14,16,30-32H2,1-2H3,(H2,33,41)(H,34,44)(H,35,42)(H,36,43)(H,37,47)(H,38,46)(H,39,45)/t17-,18-,19-,20-,21-,22-/m0/s1. The maximum absolute atomic E-state index is 13.3. The first-order valence-corrected chi connectivity index (χ1v) is 18.0. The molecule has 0 aromatic carbocycles. The Kier molecular flexibility index (Phi) is 24.5. The number of nitrogens with one attached hydrogen (secondary N) is 6. The third-order valence-corrected chi connectivity index (χ3v) is 8.00. The lowest BCUT2D eigenvalue weighted by atomic mass is 10.1. The second-order valence-corrected chi connectivity index (χ2v) is 12.6. The minimum absolute atomic E-state index is 0.0999. The average Bonchev–Trinajstić information content (AvgIpc) is 3.06. The van der Waals surface area contributed by atoms with Gasteiger partial charge in [-0.3, -0.25) is 33.6 Å². The Morgan fingerprint density at radius 2 is 1.22 bits per heavy atom. The molecule has 49 heavy (non-hydrogen) atoms. The summed E-state index contributed by atoms with van der Waals surface area (Å²) in [6, 6.07) is -6.61. The van der Waals surface area contributed by atoms with E-state index < -0.39 is 90.6 Å². The van der Waals surface area contributed by atoms with E-state index in [0.717, 1.165) is 0 Å². The largest absolute Gasteiger partial charge is 0.370 e. The lowest BCUT2D eigenvalue weighted by Crippen LogP contribution is -2.59. The van der Waals surface area contributed by atoms with E-state index in [2.05, 4.69) is 44.5 Å². The molecule has 0 fully saturated rings. The average molecular weight is 735 g/mol. The summed E-state index contributed by atoms with van der Waals surface area (Å²) in [4.78, 5) is 100. The summed E-state index contributed by atoms with van der Waals surface area (Å²) < 4.78 is 0. The summed E-state index contributed by atoms with van der Waals surface area (Å²) >= 11 is 5.55. The van der Waals surface area contributed by atoms with E-state index in [9.17, 15) is 38.4 Å². The smallest absolute Gasteiger partial charge is 0.244 e. The van der Waals surface area contributed by atoms with Gasteiger partial charge in [0.25, 0.3) is 0 Å². The maximum Gasteiger partial charge on any atom is 0.244 e. The predicted octanol–water partition coefficient (Wildman–Crippen LogP) is -4.11. The van der Waals surface area contributed by atoms with Gasteiger partial charge >= 0.3 is 0 Å². The van der Waals surface area contributed by atoms with Crippen LogP contribution in [0.4, 0.5) is 0 Å². The summed E-state index contributed by atoms with van der Waals surface area (Å²) in [6.45, 7) is 1.72. The van der Waals surface area contributed by atoms with Gasteiger partial charge in [0.1, 0.15) is 30.5 Å². The quantitative estimate of drug-likeness (QED) is 0.0218. The molecule has 0 aromatic heterocycles. The van der Waals surface area contributed by atoms with Crippen molar-refractivity contribution in [3.63, 3.8) is 0 Å². The van der Waals surface area contributed by atoms with E-state index in [1.54, 1.807) is 6.26 Å². The van der Waals surface area contributed by atoms with Crippen molar-refractivity contribution in [1.29, 1.82) is 0 Å². The van der Waals surface area contributed by atoms with Crippen LogP contribution in [0.2, 0.25) is 0 Å². The molecular formula is C29H54N10O8S2. The van der Waals surface area contributed by atoms with Gasteiger partial charge in [-0.1, -0.05) is 0 Å². The highest BCUT2D eigenvalue weighted by Crippen LogP contribution is 2.06. The normalized spacial score (nSPS) is 14.5. The minimum atomic E-state index is -1.50. The van der Waals surface area contributed by atoms with Crippen molar-refractivity contribution in [3.8, 4) is 0 Å². The number of carbonyl (C=O) groups is 8. The second kappa shape index (κ2) is 26.4. The van der Waals surface area contributed by atoms with Crippen LogP contribution >= 0.6 is 24.4 Å². The van der Waals surface area contributed by atoms with Crippen LogP contribution in [-0.4, -0.2) is 121 Å². The molecule has 20 heteroatoms. The molecule has 0 heterocycles. The zero-order chi connectivity index (χ0) is 37.4. The third-order valence-electron chi connectivity index (χ3n) is 6.99. The Labute approximate surface area is 296 Å². The van der Waals surface area contributed by atoms with Crippen molar-refractivity contribution in [2.24, 2.45) is 22.9 Å². The number of hydrogen-bond donors (Lipinski definition) is 11. The van der Waals surface area contributed by atoms with Gasteiger partial charge in [0, 0.05) is 5.75 Å². The Bertz CT molecular complexity index is 1100. The van der Waals surface area contributed by atoms with Crippen LogP contribution in [0.1, 0.15) is 58.3 Å². The van der Waals surface area contributed by atoms with Crippen molar-refractivity contribution in [2.75, 3.05) is 37.4 Å². The summed E-state index contributed by atoms with van der Waals surface area (Å²) in [5.74, 6) is -5.10. The molecule has 0 saturated carbocycles. The van der Waals surface area contributed by atoms with Gasteiger partial charge in [-0.2, -0.15) is 24.4 Å². The van der Waals surface area contributed by atoms with Gasteiger partial charge in [-0.15, -0.1) is 0 Å². The molecule has 0 aromatic rings. The minimum Gasteiger partial charge on any atom is -0.370 e. The zero-order valence-electron chi connectivity index (χ0n) is 28.2. The number of hydrogen-bond acceptors (Lipinski definition) is 13. The zero-order valence-corrected chi connectivity index (χ0v) is 29.9. The number of carbonyl (C=O) groups excluding carboxylic acids is 8. The predicted molar refractivity (Wildman–Crippen MR) is 189 cm³/mol. The summed E-state index contributed by atoms with van der Waals surface area (Å²) in [5, 5.41) is 14.8. The summed E-state index contributed by atoms with van der Waals surface area (Å²) in [6.07, 6.45) is 4.81. The van der Waals surface area contributed by atoms with Gasteiger partial charge in [-0.05, 0) is 77.0 Å². The number of amides is 7. The lowest BCUT2D eigenvalue weighted by molar-refractivity contribution is -0.135. The van der Waals surface area contributed by atoms with Gasteiger partial charge in [-0.25, -0.2) is 0 Å². The van der Waals surface area contributed by atoms with Gasteiger partial charge in [0.2, 0.25) is 41.4 Å². The number of nitrogens with two attached hydrogens (primary N) is 4. The van der Waals surface area contributed by atoms with Gasteiger partial charge < -0.3 is 59.6 Å². The fourth-order valence-corrected chi connectivity index (χ4v) is 4.95. The molecule has 280 valence electrons. The molecule has 0 rings (SSSR count). The molecule has 0 aliphatic rings. The summed E-state index contributed by atoms with van der Waals surface area (Å²) in [7, 11) is 0. The molecule has 0 spiro atoms. The van der Waals surface area contributed by atoms with Gasteiger partial charge in [0.05, 0.1) is 25.0 Å². The second-order valence-electron chi connectivity index (χ2n) is 11.3. The Morgan fingerprint density at radius 1 is 0.714 bits per heavy atom. The van der Waals surface area contributed by atoms with Crippen LogP contribution in [0.5, 0.6) is 0 Å². The molecule has 0 saturated heterocycles. The molecule has 0 aliphatic heterocycles.